The van der Waals surface area contributed by atoms with Crippen molar-refractivity contribution in [3.63, 3.8) is 0 Å². The Morgan fingerprint density at radius 3 is 2.29 bits per heavy atom. The zero-order chi connectivity index (χ0) is 15.4. The van der Waals surface area contributed by atoms with Gasteiger partial charge >= 0.3 is 0 Å². The van der Waals surface area contributed by atoms with E-state index in [9.17, 15) is 13.2 Å². The maximum atomic E-state index is 13.7. The van der Waals surface area contributed by atoms with Crippen LogP contribution in [0, 0.1) is 28.8 Å². The summed E-state index contributed by atoms with van der Waals surface area (Å²) in [6.45, 7) is 0.0273. The second kappa shape index (κ2) is 6.74. The van der Waals surface area contributed by atoms with Crippen LogP contribution in [0.15, 0.2) is 34.8 Å². The van der Waals surface area contributed by atoms with Crippen molar-refractivity contribution in [1.29, 1.82) is 5.26 Å². The molecular weight excluding hydrogens is 345 g/mol. The van der Waals surface area contributed by atoms with Crippen LogP contribution in [0.25, 0.3) is 0 Å². The smallest absolute Gasteiger partial charge is 0.131 e. The summed E-state index contributed by atoms with van der Waals surface area (Å²) in [6.07, 6.45) is 0. The van der Waals surface area contributed by atoms with E-state index in [0.717, 1.165) is 16.6 Å². The summed E-state index contributed by atoms with van der Waals surface area (Å²) in [6, 6.07) is 8.09. The first-order valence-corrected chi connectivity index (χ1v) is 6.83. The molecule has 0 heterocycles. The highest BCUT2D eigenvalue weighted by Crippen LogP contribution is 2.17. The van der Waals surface area contributed by atoms with Crippen LogP contribution in [0.4, 0.5) is 13.2 Å². The minimum atomic E-state index is -0.797. The Hall–Kier alpha value is -1.84. The van der Waals surface area contributed by atoms with Gasteiger partial charge in [0.05, 0.1) is 11.6 Å². The van der Waals surface area contributed by atoms with Gasteiger partial charge in [-0.25, -0.2) is 13.2 Å². The van der Waals surface area contributed by atoms with Crippen molar-refractivity contribution in [2.45, 2.75) is 13.1 Å². The minimum Gasteiger partial charge on any atom is -0.308 e. The van der Waals surface area contributed by atoms with E-state index in [1.807, 2.05) is 0 Å². The van der Waals surface area contributed by atoms with Crippen LogP contribution >= 0.6 is 15.9 Å². The van der Waals surface area contributed by atoms with E-state index in [2.05, 4.69) is 21.2 Å². The number of halogens is 4. The monoisotopic (exact) mass is 354 g/mol. The van der Waals surface area contributed by atoms with Gasteiger partial charge in [0, 0.05) is 28.7 Å². The molecule has 108 valence electrons. The van der Waals surface area contributed by atoms with Crippen LogP contribution in [0.3, 0.4) is 0 Å². The standard InChI is InChI=1S/C15H10BrF3N2/c16-11-1-2-13(17)10(5-11)7-21-8-12-14(18)3-9(6-20)4-15(12)19/h1-5,21H,7-8H2. The van der Waals surface area contributed by atoms with Crippen molar-refractivity contribution >= 4 is 15.9 Å². The quantitative estimate of drug-likeness (QED) is 0.899. The fraction of sp³-hybridized carbons (Fsp3) is 0.133. The van der Waals surface area contributed by atoms with Crippen LogP contribution in [0.2, 0.25) is 0 Å². The van der Waals surface area contributed by atoms with Gasteiger partial charge in [-0.3, -0.25) is 0 Å². The van der Waals surface area contributed by atoms with Crippen LogP contribution in [-0.4, -0.2) is 0 Å². The number of benzene rings is 2. The van der Waals surface area contributed by atoms with Crippen LogP contribution in [-0.2, 0) is 13.1 Å². The molecule has 2 nitrogen and oxygen atoms in total. The lowest BCUT2D eigenvalue weighted by Gasteiger charge is -2.09. The summed E-state index contributed by atoms with van der Waals surface area (Å²) in [5, 5.41) is 11.4. The van der Waals surface area contributed by atoms with Gasteiger partial charge in [0.25, 0.3) is 0 Å². The van der Waals surface area contributed by atoms with Crippen molar-refractivity contribution in [3.05, 3.63) is 68.9 Å². The van der Waals surface area contributed by atoms with Gasteiger partial charge in [-0.2, -0.15) is 5.26 Å². The Kier molecular flexibility index (Phi) is 4.99. The molecule has 2 aromatic rings. The topological polar surface area (TPSA) is 35.8 Å². The van der Waals surface area contributed by atoms with Gasteiger partial charge in [0.2, 0.25) is 0 Å². The van der Waals surface area contributed by atoms with Crippen molar-refractivity contribution < 1.29 is 13.2 Å². The van der Waals surface area contributed by atoms with E-state index >= 15 is 0 Å². The molecule has 0 saturated heterocycles. The molecule has 0 spiro atoms. The molecule has 21 heavy (non-hydrogen) atoms. The van der Waals surface area contributed by atoms with Crippen LogP contribution in [0.1, 0.15) is 16.7 Å². The summed E-state index contributed by atoms with van der Waals surface area (Å²) in [7, 11) is 0. The van der Waals surface area contributed by atoms with Crippen molar-refractivity contribution in [2.24, 2.45) is 0 Å². The largest absolute Gasteiger partial charge is 0.308 e. The first-order chi connectivity index (χ1) is 10.0. The number of nitrogens with zero attached hydrogens (tertiary/aromatic N) is 1. The molecule has 0 aliphatic rings. The average Bonchev–Trinajstić information content (AvgIpc) is 2.45. The van der Waals surface area contributed by atoms with E-state index in [-0.39, 0.29) is 24.2 Å². The third-order valence-corrected chi connectivity index (χ3v) is 3.39. The molecule has 2 rings (SSSR count). The molecule has 0 aliphatic carbocycles. The van der Waals surface area contributed by atoms with Crippen LogP contribution < -0.4 is 5.32 Å². The molecule has 6 heteroatoms. The van der Waals surface area contributed by atoms with Gasteiger partial charge in [-0.05, 0) is 30.3 Å². The van der Waals surface area contributed by atoms with Gasteiger partial charge in [-0.15, -0.1) is 0 Å². The van der Waals surface area contributed by atoms with Gasteiger partial charge < -0.3 is 5.32 Å². The predicted octanol–water partition coefficient (Wildman–Crippen LogP) is 4.03. The Bertz CT molecular complexity index is 688. The molecule has 0 unspecified atom stereocenters. The molecule has 0 atom stereocenters. The second-order valence-corrected chi connectivity index (χ2v) is 5.29. The SMILES string of the molecule is N#Cc1cc(F)c(CNCc2cc(Br)ccc2F)c(F)c1. The second-order valence-electron chi connectivity index (χ2n) is 4.37. The van der Waals surface area contributed by atoms with Crippen molar-refractivity contribution in [2.75, 3.05) is 0 Å². The average molecular weight is 355 g/mol. The lowest BCUT2D eigenvalue weighted by Crippen LogP contribution is -2.16. The van der Waals surface area contributed by atoms with E-state index in [1.165, 1.54) is 6.07 Å². The van der Waals surface area contributed by atoms with Crippen molar-refractivity contribution in [3.8, 4) is 6.07 Å². The van der Waals surface area contributed by atoms with Gasteiger partial charge in [0.1, 0.15) is 17.5 Å². The third kappa shape index (κ3) is 3.84. The van der Waals surface area contributed by atoms with E-state index in [4.69, 9.17) is 5.26 Å². The summed E-state index contributed by atoms with van der Waals surface area (Å²) >= 11 is 3.23. The molecule has 0 aromatic heterocycles. The minimum absolute atomic E-state index is 0.0771. The molecule has 0 saturated carbocycles. The fourth-order valence-corrected chi connectivity index (χ4v) is 2.25. The Morgan fingerprint density at radius 1 is 1.00 bits per heavy atom. The number of nitrogens with one attached hydrogen (secondary N) is 1. The number of rotatable bonds is 4. The molecular formula is C15H10BrF3N2. The predicted molar refractivity (Wildman–Crippen MR) is 75.7 cm³/mol. The molecule has 0 amide bonds. The molecule has 0 fully saturated rings. The molecule has 2 aromatic carbocycles. The summed E-state index contributed by atoms with van der Waals surface area (Å²) in [4.78, 5) is 0. The number of hydrogen-bond acceptors (Lipinski definition) is 2. The van der Waals surface area contributed by atoms with Gasteiger partial charge in [-0.1, -0.05) is 15.9 Å². The highest BCUT2D eigenvalue weighted by molar-refractivity contribution is 9.10. The first-order valence-electron chi connectivity index (χ1n) is 6.04. The Balaban J connectivity index is 2.07. The summed E-state index contributed by atoms with van der Waals surface area (Å²) in [5.74, 6) is -1.99. The molecule has 1 N–H and O–H groups in total. The molecule has 0 aliphatic heterocycles. The van der Waals surface area contributed by atoms with E-state index in [1.54, 1.807) is 18.2 Å². The third-order valence-electron chi connectivity index (χ3n) is 2.90. The lowest BCUT2D eigenvalue weighted by atomic mass is 10.1. The highest BCUT2D eigenvalue weighted by Gasteiger charge is 2.11. The Labute approximate surface area is 128 Å². The lowest BCUT2D eigenvalue weighted by molar-refractivity contribution is 0.529. The first kappa shape index (κ1) is 15.5. The summed E-state index contributed by atoms with van der Waals surface area (Å²) in [5.41, 5.74) is 0.134. The number of nitriles is 1. The number of hydrogen-bond donors (Lipinski definition) is 1. The zero-order valence-corrected chi connectivity index (χ0v) is 12.3. The highest BCUT2D eigenvalue weighted by atomic mass is 79.9. The summed E-state index contributed by atoms with van der Waals surface area (Å²) < 4.78 is 41.5. The Morgan fingerprint density at radius 2 is 1.67 bits per heavy atom. The zero-order valence-electron chi connectivity index (χ0n) is 10.8. The molecule has 0 radical (unpaired) electrons. The normalized spacial score (nSPS) is 10.4. The van der Waals surface area contributed by atoms with E-state index < -0.39 is 17.5 Å². The molecule has 0 bridgehead atoms. The van der Waals surface area contributed by atoms with Crippen LogP contribution in [0.5, 0.6) is 0 Å². The maximum absolute atomic E-state index is 13.7. The van der Waals surface area contributed by atoms with Crippen molar-refractivity contribution in [1.82, 2.24) is 5.32 Å². The van der Waals surface area contributed by atoms with E-state index in [0.29, 0.717) is 5.56 Å². The maximum Gasteiger partial charge on any atom is 0.131 e. The fourth-order valence-electron chi connectivity index (χ4n) is 1.84. The van der Waals surface area contributed by atoms with Gasteiger partial charge in [0.15, 0.2) is 0 Å².